The minimum atomic E-state index is -0.273. The minimum Gasteiger partial charge on any atom is -0.508 e. The summed E-state index contributed by atoms with van der Waals surface area (Å²) in [4.78, 5) is 0. The molecule has 0 heterocycles. The van der Waals surface area contributed by atoms with Crippen molar-refractivity contribution in [3.05, 3.63) is 29.3 Å². The van der Waals surface area contributed by atoms with Gasteiger partial charge < -0.3 is 16.6 Å². The molecule has 0 radical (unpaired) electrons. The summed E-state index contributed by atoms with van der Waals surface area (Å²) in [7, 11) is 0. The molecular formula is C9H14N2O. The third-order valence-electron chi connectivity index (χ3n) is 1.84. The molecule has 0 bridgehead atoms. The van der Waals surface area contributed by atoms with Crippen LogP contribution in [0.15, 0.2) is 18.2 Å². The summed E-state index contributed by atoms with van der Waals surface area (Å²) in [6.07, 6.45) is 0. The highest BCUT2D eigenvalue weighted by atomic mass is 16.3. The van der Waals surface area contributed by atoms with Crippen molar-refractivity contribution in [1.29, 1.82) is 0 Å². The molecule has 1 rings (SSSR count). The van der Waals surface area contributed by atoms with Crippen LogP contribution >= 0.6 is 0 Å². The molecule has 12 heavy (non-hydrogen) atoms. The molecule has 0 saturated carbocycles. The quantitative estimate of drug-likeness (QED) is 0.604. The molecule has 66 valence electrons. The van der Waals surface area contributed by atoms with Crippen molar-refractivity contribution in [2.75, 3.05) is 6.54 Å². The van der Waals surface area contributed by atoms with E-state index in [1.165, 1.54) is 0 Å². The Morgan fingerprint density at radius 1 is 1.50 bits per heavy atom. The third kappa shape index (κ3) is 1.75. The summed E-state index contributed by atoms with van der Waals surface area (Å²) in [6.45, 7) is 2.29. The molecule has 0 aliphatic heterocycles. The van der Waals surface area contributed by atoms with E-state index in [4.69, 9.17) is 11.5 Å². The van der Waals surface area contributed by atoms with E-state index in [1.54, 1.807) is 6.07 Å². The molecule has 3 nitrogen and oxygen atoms in total. The second-order valence-corrected chi connectivity index (χ2v) is 2.90. The Bertz CT molecular complexity index is 273. The van der Waals surface area contributed by atoms with Gasteiger partial charge >= 0.3 is 0 Å². The maximum atomic E-state index is 9.40. The SMILES string of the molecule is Cc1ccc(O)c([C@H](N)CN)c1. The maximum absolute atomic E-state index is 9.40. The summed E-state index contributed by atoms with van der Waals surface area (Å²) >= 11 is 0. The molecule has 3 heteroatoms. The summed E-state index contributed by atoms with van der Waals surface area (Å²) in [5, 5.41) is 9.40. The van der Waals surface area contributed by atoms with Gasteiger partial charge in [-0.15, -0.1) is 0 Å². The average molecular weight is 166 g/mol. The smallest absolute Gasteiger partial charge is 0.120 e. The molecule has 0 aliphatic rings. The molecule has 0 amide bonds. The van der Waals surface area contributed by atoms with Crippen LogP contribution in [0.25, 0.3) is 0 Å². The van der Waals surface area contributed by atoms with E-state index >= 15 is 0 Å². The van der Waals surface area contributed by atoms with Crippen molar-refractivity contribution in [2.24, 2.45) is 11.5 Å². The molecule has 0 saturated heterocycles. The van der Waals surface area contributed by atoms with Crippen molar-refractivity contribution >= 4 is 0 Å². The molecular weight excluding hydrogens is 152 g/mol. The lowest BCUT2D eigenvalue weighted by Crippen LogP contribution is -2.20. The van der Waals surface area contributed by atoms with E-state index in [1.807, 2.05) is 19.1 Å². The first kappa shape index (κ1) is 9.03. The molecule has 5 N–H and O–H groups in total. The number of hydrogen-bond acceptors (Lipinski definition) is 3. The van der Waals surface area contributed by atoms with E-state index in [0.717, 1.165) is 11.1 Å². The Kier molecular flexibility index (Phi) is 2.68. The zero-order valence-corrected chi connectivity index (χ0v) is 7.12. The summed E-state index contributed by atoms with van der Waals surface area (Å²) in [5.41, 5.74) is 12.9. The summed E-state index contributed by atoms with van der Waals surface area (Å²) in [5.74, 6) is 0.221. The summed E-state index contributed by atoms with van der Waals surface area (Å²) < 4.78 is 0. The second-order valence-electron chi connectivity index (χ2n) is 2.90. The number of benzene rings is 1. The zero-order chi connectivity index (χ0) is 9.14. The first-order valence-corrected chi connectivity index (χ1v) is 3.90. The Morgan fingerprint density at radius 2 is 2.17 bits per heavy atom. The minimum absolute atomic E-state index is 0.221. The Hall–Kier alpha value is -1.06. The van der Waals surface area contributed by atoms with Gasteiger partial charge in [0.2, 0.25) is 0 Å². The average Bonchev–Trinajstić information content (AvgIpc) is 2.08. The molecule has 0 aliphatic carbocycles. The molecule has 1 aromatic carbocycles. The number of rotatable bonds is 2. The largest absolute Gasteiger partial charge is 0.508 e. The normalized spacial score (nSPS) is 12.9. The van der Waals surface area contributed by atoms with Crippen LogP contribution in [0.5, 0.6) is 5.75 Å². The highest BCUT2D eigenvalue weighted by Gasteiger charge is 2.08. The molecule has 0 spiro atoms. The molecule has 0 unspecified atom stereocenters. The number of phenolic OH excluding ortho intramolecular Hbond substituents is 1. The van der Waals surface area contributed by atoms with Crippen LogP contribution in [-0.2, 0) is 0 Å². The van der Waals surface area contributed by atoms with Gasteiger partial charge in [-0.2, -0.15) is 0 Å². The van der Waals surface area contributed by atoms with Crippen LogP contribution < -0.4 is 11.5 Å². The van der Waals surface area contributed by atoms with Gasteiger partial charge in [-0.25, -0.2) is 0 Å². The lowest BCUT2D eigenvalue weighted by molar-refractivity contribution is 0.462. The van der Waals surface area contributed by atoms with Gasteiger partial charge in [-0.1, -0.05) is 17.7 Å². The van der Waals surface area contributed by atoms with E-state index in [2.05, 4.69) is 0 Å². The van der Waals surface area contributed by atoms with Gasteiger partial charge in [-0.05, 0) is 13.0 Å². The molecule has 0 fully saturated rings. The highest BCUT2D eigenvalue weighted by Crippen LogP contribution is 2.22. The first-order chi connectivity index (χ1) is 5.65. The Labute approximate surface area is 72.0 Å². The zero-order valence-electron chi connectivity index (χ0n) is 7.12. The van der Waals surface area contributed by atoms with Gasteiger partial charge in [0, 0.05) is 18.2 Å². The van der Waals surface area contributed by atoms with Crippen LogP contribution in [0.2, 0.25) is 0 Å². The Balaban J connectivity index is 3.04. The fraction of sp³-hybridized carbons (Fsp3) is 0.333. The van der Waals surface area contributed by atoms with Crippen molar-refractivity contribution in [2.45, 2.75) is 13.0 Å². The van der Waals surface area contributed by atoms with Gasteiger partial charge in [0.15, 0.2) is 0 Å². The lowest BCUT2D eigenvalue weighted by Gasteiger charge is -2.11. The van der Waals surface area contributed by atoms with Gasteiger partial charge in [0.1, 0.15) is 5.75 Å². The van der Waals surface area contributed by atoms with Crippen LogP contribution in [0, 0.1) is 6.92 Å². The van der Waals surface area contributed by atoms with Crippen molar-refractivity contribution in [3.8, 4) is 5.75 Å². The van der Waals surface area contributed by atoms with E-state index in [0.29, 0.717) is 6.54 Å². The molecule has 1 atom stereocenters. The summed E-state index contributed by atoms with van der Waals surface area (Å²) in [6, 6.07) is 5.06. The topological polar surface area (TPSA) is 72.3 Å². The fourth-order valence-electron chi connectivity index (χ4n) is 1.10. The predicted molar refractivity (Wildman–Crippen MR) is 48.8 cm³/mol. The molecule has 0 aromatic heterocycles. The number of phenols is 1. The number of hydrogen-bond donors (Lipinski definition) is 3. The van der Waals surface area contributed by atoms with E-state index < -0.39 is 0 Å². The predicted octanol–water partition coefficient (Wildman–Crippen LogP) is 0.659. The second kappa shape index (κ2) is 3.56. The Morgan fingerprint density at radius 3 is 2.75 bits per heavy atom. The van der Waals surface area contributed by atoms with E-state index in [-0.39, 0.29) is 11.8 Å². The van der Waals surface area contributed by atoms with Gasteiger partial charge in [0.05, 0.1) is 0 Å². The van der Waals surface area contributed by atoms with Gasteiger partial charge in [-0.3, -0.25) is 0 Å². The van der Waals surface area contributed by atoms with Crippen molar-refractivity contribution in [1.82, 2.24) is 0 Å². The van der Waals surface area contributed by atoms with Crippen molar-refractivity contribution < 1.29 is 5.11 Å². The van der Waals surface area contributed by atoms with E-state index in [9.17, 15) is 5.11 Å². The number of aromatic hydroxyl groups is 1. The standard InChI is InChI=1S/C9H14N2O/c1-6-2-3-9(12)7(4-6)8(11)5-10/h2-4,8,12H,5,10-11H2,1H3/t8-/m1/s1. The van der Waals surface area contributed by atoms with Crippen LogP contribution in [0.1, 0.15) is 17.2 Å². The number of aryl methyl sites for hydroxylation is 1. The van der Waals surface area contributed by atoms with Crippen LogP contribution in [0.3, 0.4) is 0 Å². The molecule has 1 aromatic rings. The first-order valence-electron chi connectivity index (χ1n) is 3.90. The monoisotopic (exact) mass is 166 g/mol. The highest BCUT2D eigenvalue weighted by molar-refractivity contribution is 5.37. The van der Waals surface area contributed by atoms with Gasteiger partial charge in [0.25, 0.3) is 0 Å². The number of nitrogens with two attached hydrogens (primary N) is 2. The van der Waals surface area contributed by atoms with Crippen molar-refractivity contribution in [3.63, 3.8) is 0 Å². The third-order valence-corrected chi connectivity index (χ3v) is 1.84. The fourth-order valence-corrected chi connectivity index (χ4v) is 1.10. The maximum Gasteiger partial charge on any atom is 0.120 e. The lowest BCUT2D eigenvalue weighted by atomic mass is 10.0. The van der Waals surface area contributed by atoms with Crippen LogP contribution in [-0.4, -0.2) is 11.7 Å². The van der Waals surface area contributed by atoms with Crippen LogP contribution in [0.4, 0.5) is 0 Å².